The van der Waals surface area contributed by atoms with Crippen molar-refractivity contribution in [2.24, 2.45) is 0 Å². The molecule has 0 atom stereocenters. The van der Waals surface area contributed by atoms with E-state index in [1.165, 1.54) is 12.8 Å². The van der Waals surface area contributed by atoms with Gasteiger partial charge in [-0.05, 0) is 25.0 Å². The van der Waals surface area contributed by atoms with Crippen LogP contribution in [-0.2, 0) is 0 Å². The van der Waals surface area contributed by atoms with Gasteiger partial charge < -0.3 is 10.1 Å². The summed E-state index contributed by atoms with van der Waals surface area (Å²) in [5.74, 6) is 0.922. The standard InChI is InChI=1S/C12H13N3OS/c1-13-12-15-14-11(17-12)8-3-2-4-10(7-8)16-9-5-6-9/h2-4,7,9H,5-6H2,1H3,(H,13,15). The lowest BCUT2D eigenvalue weighted by atomic mass is 10.2. The van der Waals surface area contributed by atoms with Crippen LogP contribution in [0.15, 0.2) is 24.3 Å². The highest BCUT2D eigenvalue weighted by atomic mass is 32.1. The average Bonchev–Trinajstić information content (AvgIpc) is 3.04. The highest BCUT2D eigenvalue weighted by Crippen LogP contribution is 2.31. The summed E-state index contributed by atoms with van der Waals surface area (Å²) in [6.45, 7) is 0. The molecule has 5 heteroatoms. The first-order valence-electron chi connectivity index (χ1n) is 5.63. The Morgan fingerprint density at radius 1 is 1.35 bits per heavy atom. The fraction of sp³-hybridized carbons (Fsp3) is 0.333. The van der Waals surface area contributed by atoms with Gasteiger partial charge in [-0.2, -0.15) is 0 Å². The van der Waals surface area contributed by atoms with Crippen molar-refractivity contribution < 1.29 is 4.74 Å². The highest BCUT2D eigenvalue weighted by molar-refractivity contribution is 7.18. The lowest BCUT2D eigenvalue weighted by Crippen LogP contribution is -1.95. The summed E-state index contributed by atoms with van der Waals surface area (Å²) in [6.07, 6.45) is 2.77. The van der Waals surface area contributed by atoms with Gasteiger partial charge in [-0.3, -0.25) is 0 Å². The third-order valence-electron chi connectivity index (χ3n) is 2.55. The first-order valence-corrected chi connectivity index (χ1v) is 6.45. The van der Waals surface area contributed by atoms with E-state index in [4.69, 9.17) is 4.74 Å². The molecule has 0 amide bonds. The summed E-state index contributed by atoms with van der Waals surface area (Å²) in [5.41, 5.74) is 1.06. The number of nitrogens with zero attached hydrogens (tertiary/aromatic N) is 2. The first kappa shape index (κ1) is 10.5. The fourth-order valence-electron chi connectivity index (χ4n) is 1.52. The van der Waals surface area contributed by atoms with E-state index in [1.807, 2.05) is 31.3 Å². The Bertz CT molecular complexity index is 522. The lowest BCUT2D eigenvalue weighted by Gasteiger charge is -2.04. The maximum atomic E-state index is 5.76. The minimum Gasteiger partial charge on any atom is -0.490 e. The molecule has 1 heterocycles. The van der Waals surface area contributed by atoms with Crippen LogP contribution in [0.2, 0.25) is 0 Å². The molecule has 1 aromatic heterocycles. The van der Waals surface area contributed by atoms with Gasteiger partial charge >= 0.3 is 0 Å². The SMILES string of the molecule is CNc1nnc(-c2cccc(OC3CC3)c2)s1. The van der Waals surface area contributed by atoms with Crippen LogP contribution in [0.3, 0.4) is 0 Å². The predicted octanol–water partition coefficient (Wildman–Crippen LogP) is 2.79. The Kier molecular flexibility index (Phi) is 2.68. The smallest absolute Gasteiger partial charge is 0.205 e. The van der Waals surface area contributed by atoms with Crippen molar-refractivity contribution in [1.82, 2.24) is 10.2 Å². The summed E-state index contributed by atoms with van der Waals surface area (Å²) in [6, 6.07) is 8.04. The number of aromatic nitrogens is 2. The van der Waals surface area contributed by atoms with Crippen molar-refractivity contribution in [3.8, 4) is 16.3 Å². The molecule has 1 aliphatic rings. The molecule has 1 aliphatic carbocycles. The number of anilines is 1. The topological polar surface area (TPSA) is 47.0 Å². The summed E-state index contributed by atoms with van der Waals surface area (Å²) in [7, 11) is 1.84. The van der Waals surface area contributed by atoms with E-state index in [0.29, 0.717) is 6.10 Å². The Morgan fingerprint density at radius 2 is 2.24 bits per heavy atom. The molecule has 17 heavy (non-hydrogen) atoms. The molecule has 0 bridgehead atoms. The molecule has 0 saturated heterocycles. The van der Waals surface area contributed by atoms with Crippen LogP contribution in [0.4, 0.5) is 5.13 Å². The summed E-state index contributed by atoms with van der Waals surface area (Å²) < 4.78 is 5.76. The largest absolute Gasteiger partial charge is 0.490 e. The highest BCUT2D eigenvalue weighted by Gasteiger charge is 2.23. The van der Waals surface area contributed by atoms with Crippen LogP contribution in [0.25, 0.3) is 10.6 Å². The molecule has 3 rings (SSSR count). The number of nitrogens with one attached hydrogen (secondary N) is 1. The minimum absolute atomic E-state index is 0.424. The second kappa shape index (κ2) is 4.33. The number of ether oxygens (including phenoxy) is 1. The van der Waals surface area contributed by atoms with Crippen molar-refractivity contribution >= 4 is 16.5 Å². The molecule has 4 nitrogen and oxygen atoms in total. The summed E-state index contributed by atoms with van der Waals surface area (Å²) in [4.78, 5) is 0. The Balaban J connectivity index is 1.85. The van der Waals surface area contributed by atoms with E-state index in [2.05, 4.69) is 15.5 Å². The maximum absolute atomic E-state index is 5.76. The Labute approximate surface area is 104 Å². The zero-order chi connectivity index (χ0) is 11.7. The quantitative estimate of drug-likeness (QED) is 0.902. The van der Waals surface area contributed by atoms with Gasteiger partial charge in [0.1, 0.15) is 10.8 Å². The van der Waals surface area contributed by atoms with E-state index in [-0.39, 0.29) is 0 Å². The van der Waals surface area contributed by atoms with E-state index in [9.17, 15) is 0 Å². The van der Waals surface area contributed by atoms with E-state index >= 15 is 0 Å². The number of hydrogen-bond acceptors (Lipinski definition) is 5. The van der Waals surface area contributed by atoms with Crippen molar-refractivity contribution in [2.45, 2.75) is 18.9 Å². The molecule has 0 spiro atoms. The Hall–Kier alpha value is -1.62. The monoisotopic (exact) mass is 247 g/mol. The molecule has 0 radical (unpaired) electrons. The number of hydrogen-bond donors (Lipinski definition) is 1. The van der Waals surface area contributed by atoms with Crippen LogP contribution in [-0.4, -0.2) is 23.3 Å². The number of rotatable bonds is 4. The van der Waals surface area contributed by atoms with Crippen molar-refractivity contribution in [1.29, 1.82) is 0 Å². The fourth-order valence-corrected chi connectivity index (χ4v) is 2.22. The molecular weight excluding hydrogens is 234 g/mol. The molecule has 2 aromatic rings. The second-order valence-corrected chi connectivity index (χ2v) is 4.98. The van der Waals surface area contributed by atoms with Gasteiger partial charge in [-0.25, -0.2) is 0 Å². The summed E-state index contributed by atoms with van der Waals surface area (Å²) >= 11 is 1.54. The molecule has 0 unspecified atom stereocenters. The normalized spacial score (nSPS) is 14.6. The third-order valence-corrected chi connectivity index (χ3v) is 3.54. The van der Waals surface area contributed by atoms with Gasteiger partial charge in [0.2, 0.25) is 5.13 Å². The van der Waals surface area contributed by atoms with E-state index < -0.39 is 0 Å². The first-order chi connectivity index (χ1) is 8.35. The van der Waals surface area contributed by atoms with Gasteiger partial charge in [-0.15, -0.1) is 10.2 Å². The van der Waals surface area contributed by atoms with Crippen LogP contribution < -0.4 is 10.1 Å². The van der Waals surface area contributed by atoms with E-state index in [1.54, 1.807) is 11.3 Å². The van der Waals surface area contributed by atoms with Gasteiger partial charge in [-0.1, -0.05) is 23.5 Å². The minimum atomic E-state index is 0.424. The van der Waals surface area contributed by atoms with Crippen LogP contribution in [0, 0.1) is 0 Å². The molecule has 88 valence electrons. The molecule has 1 N–H and O–H groups in total. The lowest BCUT2D eigenvalue weighted by molar-refractivity contribution is 0.303. The third kappa shape index (κ3) is 2.39. The average molecular weight is 247 g/mol. The van der Waals surface area contributed by atoms with Crippen LogP contribution >= 0.6 is 11.3 Å². The van der Waals surface area contributed by atoms with Crippen LogP contribution in [0.5, 0.6) is 5.75 Å². The summed E-state index contributed by atoms with van der Waals surface area (Å²) in [5, 5.41) is 12.9. The van der Waals surface area contributed by atoms with Gasteiger partial charge in [0.05, 0.1) is 6.10 Å². The number of benzene rings is 1. The predicted molar refractivity (Wildman–Crippen MR) is 68.5 cm³/mol. The van der Waals surface area contributed by atoms with Crippen molar-refractivity contribution in [2.75, 3.05) is 12.4 Å². The van der Waals surface area contributed by atoms with Crippen molar-refractivity contribution in [3.63, 3.8) is 0 Å². The van der Waals surface area contributed by atoms with Crippen LogP contribution in [0.1, 0.15) is 12.8 Å². The molecule has 1 saturated carbocycles. The molecule has 0 aliphatic heterocycles. The maximum Gasteiger partial charge on any atom is 0.205 e. The van der Waals surface area contributed by atoms with Gasteiger partial charge in [0.15, 0.2) is 0 Å². The second-order valence-electron chi connectivity index (χ2n) is 4.01. The Morgan fingerprint density at radius 3 is 2.94 bits per heavy atom. The zero-order valence-corrected chi connectivity index (χ0v) is 10.3. The van der Waals surface area contributed by atoms with Gasteiger partial charge in [0.25, 0.3) is 0 Å². The van der Waals surface area contributed by atoms with Crippen molar-refractivity contribution in [3.05, 3.63) is 24.3 Å². The molecule has 1 aromatic carbocycles. The zero-order valence-electron chi connectivity index (χ0n) is 9.51. The molecule has 1 fully saturated rings. The van der Waals surface area contributed by atoms with Gasteiger partial charge in [0, 0.05) is 12.6 Å². The van der Waals surface area contributed by atoms with E-state index in [0.717, 1.165) is 21.5 Å². The molecular formula is C12H13N3OS.